The van der Waals surface area contributed by atoms with E-state index in [4.69, 9.17) is 5.11 Å². The summed E-state index contributed by atoms with van der Waals surface area (Å²) in [4.78, 5) is 11.4. The van der Waals surface area contributed by atoms with Gasteiger partial charge < -0.3 is 5.11 Å². The maximum Gasteiger partial charge on any atom is 0.344 e. The van der Waals surface area contributed by atoms with Crippen LogP contribution in [0.5, 0.6) is 0 Å². The molecule has 1 aromatic heterocycles. The molecular formula is C9H15N3O2S. The van der Waals surface area contributed by atoms with Crippen LogP contribution in [0.3, 0.4) is 0 Å². The summed E-state index contributed by atoms with van der Waals surface area (Å²) in [7, 11) is 0. The number of hydrogen-bond donors (Lipinski definition) is 2. The summed E-state index contributed by atoms with van der Waals surface area (Å²) < 4.78 is 1.73. The van der Waals surface area contributed by atoms with Crippen molar-refractivity contribution in [3.63, 3.8) is 0 Å². The van der Waals surface area contributed by atoms with Crippen LogP contribution < -0.4 is 5.69 Å². The highest BCUT2D eigenvalue weighted by Crippen LogP contribution is 2.36. The third kappa shape index (κ3) is 2.43. The molecule has 1 aromatic rings. The van der Waals surface area contributed by atoms with Gasteiger partial charge in [0.15, 0.2) is 5.16 Å². The molecule has 1 unspecified atom stereocenters. The standard InChI is InChI=1S/C9H15N3O2S/c1-6(4-13)5-15-9-11-10-8(14)12(9)7-2-3-7/h6-7,13H,2-5H2,1H3,(H,10,14). The van der Waals surface area contributed by atoms with Gasteiger partial charge in [0.25, 0.3) is 0 Å². The number of aromatic nitrogens is 3. The Morgan fingerprint density at radius 2 is 2.47 bits per heavy atom. The average molecular weight is 229 g/mol. The van der Waals surface area contributed by atoms with Crippen LogP contribution in [0, 0.1) is 5.92 Å². The molecule has 0 saturated heterocycles. The predicted octanol–water partition coefficient (Wildman–Crippen LogP) is 0.627. The van der Waals surface area contributed by atoms with E-state index in [2.05, 4.69) is 10.2 Å². The Labute approximate surface area is 91.9 Å². The monoisotopic (exact) mass is 229 g/mol. The van der Waals surface area contributed by atoms with Gasteiger partial charge in [-0.3, -0.25) is 4.57 Å². The van der Waals surface area contributed by atoms with Gasteiger partial charge >= 0.3 is 5.69 Å². The van der Waals surface area contributed by atoms with Crippen molar-refractivity contribution in [2.75, 3.05) is 12.4 Å². The largest absolute Gasteiger partial charge is 0.396 e. The fourth-order valence-electron chi connectivity index (χ4n) is 1.32. The van der Waals surface area contributed by atoms with E-state index in [-0.39, 0.29) is 18.2 Å². The van der Waals surface area contributed by atoms with Crippen molar-refractivity contribution >= 4 is 11.8 Å². The van der Waals surface area contributed by atoms with Crippen LogP contribution in [0.25, 0.3) is 0 Å². The molecule has 5 nitrogen and oxygen atoms in total. The number of H-pyrrole nitrogens is 1. The first-order valence-electron chi connectivity index (χ1n) is 5.13. The van der Waals surface area contributed by atoms with Crippen LogP contribution in [0.15, 0.2) is 9.95 Å². The second-order valence-corrected chi connectivity index (χ2v) is 5.00. The number of thioether (sulfide) groups is 1. The van der Waals surface area contributed by atoms with Crippen LogP contribution in [0.4, 0.5) is 0 Å². The zero-order valence-corrected chi connectivity index (χ0v) is 9.46. The molecule has 0 amide bonds. The lowest BCUT2D eigenvalue weighted by molar-refractivity contribution is 0.250. The molecule has 0 aliphatic heterocycles. The highest BCUT2D eigenvalue weighted by Gasteiger charge is 2.28. The van der Waals surface area contributed by atoms with Crippen LogP contribution in [-0.2, 0) is 0 Å². The molecule has 1 heterocycles. The molecular weight excluding hydrogens is 214 g/mol. The van der Waals surface area contributed by atoms with E-state index in [1.807, 2.05) is 6.92 Å². The van der Waals surface area contributed by atoms with Crippen molar-refractivity contribution in [1.82, 2.24) is 14.8 Å². The summed E-state index contributed by atoms with van der Waals surface area (Å²) >= 11 is 1.53. The van der Waals surface area contributed by atoms with Crippen LogP contribution in [-0.4, -0.2) is 32.2 Å². The lowest BCUT2D eigenvalue weighted by atomic mass is 10.2. The lowest BCUT2D eigenvalue weighted by Gasteiger charge is -2.06. The smallest absolute Gasteiger partial charge is 0.344 e. The first kappa shape index (κ1) is 10.8. The third-order valence-corrected chi connectivity index (χ3v) is 3.67. The molecule has 2 N–H and O–H groups in total. The van der Waals surface area contributed by atoms with Crippen LogP contribution in [0.2, 0.25) is 0 Å². The molecule has 2 rings (SSSR count). The number of aliphatic hydroxyl groups excluding tert-OH is 1. The summed E-state index contributed by atoms with van der Waals surface area (Å²) in [5.74, 6) is 1.02. The number of rotatable bonds is 5. The number of aliphatic hydroxyl groups is 1. The van der Waals surface area contributed by atoms with Crippen LogP contribution >= 0.6 is 11.8 Å². The van der Waals surface area contributed by atoms with E-state index in [1.165, 1.54) is 11.8 Å². The number of nitrogens with zero attached hydrogens (tertiary/aromatic N) is 2. The molecule has 0 radical (unpaired) electrons. The minimum atomic E-state index is -0.114. The molecule has 0 bridgehead atoms. The fourth-order valence-corrected chi connectivity index (χ4v) is 2.34. The molecule has 15 heavy (non-hydrogen) atoms. The van der Waals surface area contributed by atoms with Crippen molar-refractivity contribution in [3.8, 4) is 0 Å². The van der Waals surface area contributed by atoms with Gasteiger partial charge in [0.05, 0.1) is 0 Å². The van der Waals surface area contributed by atoms with E-state index in [0.29, 0.717) is 6.04 Å². The van der Waals surface area contributed by atoms with Gasteiger partial charge in [0.2, 0.25) is 0 Å². The van der Waals surface area contributed by atoms with Gasteiger partial charge in [-0.15, -0.1) is 5.10 Å². The topological polar surface area (TPSA) is 70.9 Å². The average Bonchev–Trinajstić information content (AvgIpc) is 3.00. The van der Waals surface area contributed by atoms with Gasteiger partial charge in [0, 0.05) is 18.4 Å². The molecule has 84 valence electrons. The zero-order chi connectivity index (χ0) is 10.8. The SMILES string of the molecule is CC(CO)CSc1n[nH]c(=O)n1C1CC1. The van der Waals surface area contributed by atoms with Crippen molar-refractivity contribution in [2.45, 2.75) is 31.0 Å². The van der Waals surface area contributed by atoms with Gasteiger partial charge in [0.1, 0.15) is 0 Å². The van der Waals surface area contributed by atoms with Gasteiger partial charge in [-0.05, 0) is 18.8 Å². The highest BCUT2D eigenvalue weighted by molar-refractivity contribution is 7.99. The minimum Gasteiger partial charge on any atom is -0.396 e. The second-order valence-electron chi connectivity index (χ2n) is 4.01. The van der Waals surface area contributed by atoms with Gasteiger partial charge in [-0.1, -0.05) is 18.7 Å². The molecule has 0 aromatic carbocycles. The second kappa shape index (κ2) is 4.40. The third-order valence-electron chi connectivity index (χ3n) is 2.39. The minimum absolute atomic E-state index is 0.114. The molecule has 6 heteroatoms. The molecule has 1 aliphatic carbocycles. The number of nitrogens with one attached hydrogen (secondary N) is 1. The first-order valence-corrected chi connectivity index (χ1v) is 6.11. The Balaban J connectivity index is 2.04. The molecule has 1 atom stereocenters. The quantitative estimate of drug-likeness (QED) is 0.726. The van der Waals surface area contributed by atoms with Crippen molar-refractivity contribution in [1.29, 1.82) is 0 Å². The summed E-state index contributed by atoms with van der Waals surface area (Å²) in [6.45, 7) is 2.14. The molecule has 1 saturated carbocycles. The van der Waals surface area contributed by atoms with Gasteiger partial charge in [-0.2, -0.15) is 0 Å². The van der Waals surface area contributed by atoms with E-state index in [9.17, 15) is 4.79 Å². The van der Waals surface area contributed by atoms with Crippen molar-refractivity contribution in [3.05, 3.63) is 10.5 Å². The van der Waals surface area contributed by atoms with Crippen LogP contribution in [0.1, 0.15) is 25.8 Å². The maximum absolute atomic E-state index is 11.4. The maximum atomic E-state index is 11.4. The van der Waals surface area contributed by atoms with Crippen molar-refractivity contribution in [2.24, 2.45) is 5.92 Å². The fraction of sp³-hybridized carbons (Fsp3) is 0.778. The number of hydrogen-bond acceptors (Lipinski definition) is 4. The van der Waals surface area contributed by atoms with E-state index < -0.39 is 0 Å². The summed E-state index contributed by atoms with van der Waals surface area (Å²) in [5, 5.41) is 16.1. The molecule has 1 fully saturated rings. The molecule has 1 aliphatic rings. The normalized spacial score (nSPS) is 18.0. The highest BCUT2D eigenvalue weighted by atomic mass is 32.2. The van der Waals surface area contributed by atoms with E-state index in [0.717, 1.165) is 23.8 Å². The summed E-state index contributed by atoms with van der Waals surface area (Å²) in [5.41, 5.74) is -0.114. The predicted molar refractivity (Wildman–Crippen MR) is 58.1 cm³/mol. The Kier molecular flexibility index (Phi) is 3.16. The zero-order valence-electron chi connectivity index (χ0n) is 8.64. The van der Waals surface area contributed by atoms with E-state index in [1.54, 1.807) is 4.57 Å². The van der Waals surface area contributed by atoms with Gasteiger partial charge in [-0.25, -0.2) is 9.89 Å². The Hall–Kier alpha value is -0.750. The van der Waals surface area contributed by atoms with Crippen molar-refractivity contribution < 1.29 is 5.11 Å². The summed E-state index contributed by atoms with van der Waals surface area (Å²) in [6.07, 6.45) is 2.14. The Morgan fingerprint density at radius 1 is 1.73 bits per heavy atom. The molecule has 0 spiro atoms. The Bertz CT molecular complexity index is 383. The lowest BCUT2D eigenvalue weighted by Crippen LogP contribution is -2.16. The number of aromatic amines is 1. The first-order chi connectivity index (χ1) is 7.22. The Morgan fingerprint density at radius 3 is 3.07 bits per heavy atom. The van der Waals surface area contributed by atoms with E-state index >= 15 is 0 Å². The summed E-state index contributed by atoms with van der Waals surface area (Å²) in [6, 6.07) is 0.350.